The fraction of sp³-hybridized carbons (Fsp3) is 0.769. The maximum Gasteiger partial charge on any atom is 0.472 e. The van der Waals surface area contributed by atoms with Crippen LogP contribution in [0.4, 0.5) is 0 Å². The second kappa shape index (κ2) is 23.9. The third kappa shape index (κ3) is 22.9. The van der Waals surface area contributed by atoms with Crippen molar-refractivity contribution in [1.82, 2.24) is 0 Å². The summed E-state index contributed by atoms with van der Waals surface area (Å²) in [5.74, 6) is -0.893. The molecule has 0 aromatic heterocycles. The van der Waals surface area contributed by atoms with Crippen molar-refractivity contribution in [3.63, 3.8) is 0 Å². The molecule has 0 bridgehead atoms. The van der Waals surface area contributed by atoms with Crippen LogP contribution in [0.25, 0.3) is 0 Å². The molecule has 0 radical (unpaired) electrons. The second-order valence-corrected chi connectivity index (χ2v) is 10.0. The zero-order valence-electron chi connectivity index (χ0n) is 22.2. The summed E-state index contributed by atoms with van der Waals surface area (Å²) in [5.41, 5.74) is 5.26. The van der Waals surface area contributed by atoms with Crippen LogP contribution < -0.4 is 5.73 Å². The molecule has 0 aliphatic heterocycles. The highest BCUT2D eigenvalue weighted by atomic mass is 31.2. The van der Waals surface area contributed by atoms with Crippen molar-refractivity contribution in [2.45, 2.75) is 103 Å². The lowest BCUT2D eigenvalue weighted by molar-refractivity contribution is -0.161. The molecule has 0 amide bonds. The fourth-order valence-electron chi connectivity index (χ4n) is 3.06. The van der Waals surface area contributed by atoms with Gasteiger partial charge in [-0.1, -0.05) is 70.3 Å². The Bertz CT molecular complexity index is 668. The number of allylic oxidation sites excluding steroid dienone is 4. The maximum atomic E-state index is 12.3. The maximum absolute atomic E-state index is 12.3. The zero-order chi connectivity index (χ0) is 26.9. The highest BCUT2D eigenvalue weighted by Gasteiger charge is 2.25. The van der Waals surface area contributed by atoms with Crippen molar-refractivity contribution >= 4 is 19.8 Å². The van der Waals surface area contributed by atoms with E-state index in [4.69, 9.17) is 19.7 Å². The lowest BCUT2D eigenvalue weighted by Gasteiger charge is -2.19. The SMILES string of the molecule is CCC/C=C\C/C=C\CCCCCCCC(=O)OC(COC(=O)CCCC)COP(=O)(O)OCCN. The van der Waals surface area contributed by atoms with E-state index in [9.17, 15) is 19.0 Å². The molecule has 0 aliphatic rings. The standard InChI is InChI=1S/C26H48NO8P/c1-3-5-7-8-9-10-11-12-13-14-15-16-17-19-26(29)35-24(22-32-25(28)18-6-4-2)23-34-36(30,31)33-21-20-27/h7-8,10-11,24H,3-6,9,12-23,27H2,1-2H3,(H,30,31)/b8-7-,11-10-. The average Bonchev–Trinajstić information content (AvgIpc) is 2.86. The number of phosphoric ester groups is 1. The van der Waals surface area contributed by atoms with E-state index in [0.29, 0.717) is 12.8 Å². The van der Waals surface area contributed by atoms with Gasteiger partial charge >= 0.3 is 19.8 Å². The van der Waals surface area contributed by atoms with Crippen LogP contribution in [0, 0.1) is 0 Å². The van der Waals surface area contributed by atoms with E-state index in [2.05, 4.69) is 35.8 Å². The minimum absolute atomic E-state index is 0.0504. The van der Waals surface area contributed by atoms with E-state index >= 15 is 0 Å². The molecule has 3 N–H and O–H groups in total. The number of rotatable bonds is 24. The molecule has 2 atom stereocenters. The third-order valence-electron chi connectivity index (χ3n) is 5.07. The van der Waals surface area contributed by atoms with Crippen LogP contribution in [-0.4, -0.2) is 49.3 Å². The molecule has 36 heavy (non-hydrogen) atoms. The van der Waals surface area contributed by atoms with Crippen LogP contribution in [-0.2, 0) is 32.7 Å². The van der Waals surface area contributed by atoms with Gasteiger partial charge in [0.05, 0.1) is 13.2 Å². The third-order valence-corrected chi connectivity index (χ3v) is 6.06. The van der Waals surface area contributed by atoms with Gasteiger partial charge in [0.25, 0.3) is 0 Å². The molecule has 0 aliphatic carbocycles. The predicted molar refractivity (Wildman–Crippen MR) is 141 cm³/mol. The van der Waals surface area contributed by atoms with Gasteiger partial charge in [0, 0.05) is 19.4 Å². The van der Waals surface area contributed by atoms with Gasteiger partial charge in [-0.3, -0.25) is 18.6 Å². The summed E-state index contributed by atoms with van der Waals surface area (Å²) in [5, 5.41) is 0. The van der Waals surface area contributed by atoms with Gasteiger partial charge in [-0.15, -0.1) is 0 Å². The van der Waals surface area contributed by atoms with E-state index in [-0.39, 0.29) is 32.6 Å². The lowest BCUT2D eigenvalue weighted by Crippen LogP contribution is -2.29. The predicted octanol–water partition coefficient (Wildman–Crippen LogP) is 5.76. The molecular weight excluding hydrogens is 485 g/mol. The van der Waals surface area contributed by atoms with Crippen molar-refractivity contribution < 1.29 is 37.6 Å². The molecule has 0 spiro atoms. The van der Waals surface area contributed by atoms with Crippen molar-refractivity contribution in [3.8, 4) is 0 Å². The summed E-state index contributed by atoms with van der Waals surface area (Å²) in [7, 11) is -4.34. The number of hydrogen-bond acceptors (Lipinski definition) is 8. The summed E-state index contributed by atoms with van der Waals surface area (Å²) in [6.07, 6.45) is 19.0. The van der Waals surface area contributed by atoms with E-state index < -0.39 is 32.5 Å². The van der Waals surface area contributed by atoms with Crippen LogP contribution >= 0.6 is 7.82 Å². The Labute approximate surface area is 217 Å². The number of ether oxygens (including phenoxy) is 2. The number of carbonyl (C=O) groups excluding carboxylic acids is 2. The van der Waals surface area contributed by atoms with Gasteiger partial charge in [0.1, 0.15) is 6.61 Å². The number of hydrogen-bond donors (Lipinski definition) is 2. The second-order valence-electron chi connectivity index (χ2n) is 8.56. The summed E-state index contributed by atoms with van der Waals surface area (Å²) < 4.78 is 31.9. The van der Waals surface area contributed by atoms with E-state index in [1.54, 1.807) is 0 Å². The van der Waals surface area contributed by atoms with Crippen molar-refractivity contribution in [3.05, 3.63) is 24.3 Å². The lowest BCUT2D eigenvalue weighted by atomic mass is 10.1. The van der Waals surface area contributed by atoms with Gasteiger partial charge in [-0.25, -0.2) is 4.57 Å². The Morgan fingerprint density at radius 2 is 1.50 bits per heavy atom. The summed E-state index contributed by atoms with van der Waals surface area (Å²) >= 11 is 0. The van der Waals surface area contributed by atoms with Crippen LogP contribution in [0.1, 0.15) is 97.3 Å². The molecule has 0 saturated carbocycles. The van der Waals surface area contributed by atoms with Crippen molar-refractivity contribution in [2.75, 3.05) is 26.4 Å². The fourth-order valence-corrected chi connectivity index (χ4v) is 3.82. The molecule has 0 saturated heterocycles. The molecule has 0 rings (SSSR count). The highest BCUT2D eigenvalue weighted by Crippen LogP contribution is 2.43. The molecule has 9 nitrogen and oxygen atoms in total. The van der Waals surface area contributed by atoms with Gasteiger partial charge < -0.3 is 20.1 Å². The quantitative estimate of drug-likeness (QED) is 0.0687. The molecule has 0 heterocycles. The zero-order valence-corrected chi connectivity index (χ0v) is 23.1. The highest BCUT2D eigenvalue weighted by molar-refractivity contribution is 7.47. The largest absolute Gasteiger partial charge is 0.472 e. The molecule has 0 fully saturated rings. The Morgan fingerprint density at radius 3 is 2.19 bits per heavy atom. The first-order valence-electron chi connectivity index (χ1n) is 13.3. The smallest absolute Gasteiger partial charge is 0.462 e. The Morgan fingerprint density at radius 1 is 0.833 bits per heavy atom. The van der Waals surface area contributed by atoms with E-state index in [1.165, 1.54) is 6.42 Å². The van der Waals surface area contributed by atoms with Crippen LogP contribution in [0.5, 0.6) is 0 Å². The van der Waals surface area contributed by atoms with Gasteiger partial charge in [0.2, 0.25) is 0 Å². The summed E-state index contributed by atoms with van der Waals surface area (Å²) in [6.45, 7) is 3.33. The Balaban J connectivity index is 4.24. The van der Waals surface area contributed by atoms with Crippen molar-refractivity contribution in [2.24, 2.45) is 5.73 Å². The van der Waals surface area contributed by atoms with Gasteiger partial charge in [-0.05, 0) is 38.5 Å². The van der Waals surface area contributed by atoms with Crippen molar-refractivity contribution in [1.29, 1.82) is 0 Å². The van der Waals surface area contributed by atoms with Gasteiger partial charge in [-0.2, -0.15) is 0 Å². The van der Waals surface area contributed by atoms with E-state index in [1.807, 2.05) is 6.92 Å². The Kier molecular flexibility index (Phi) is 22.9. The minimum atomic E-state index is -4.34. The number of phosphoric acid groups is 1. The Hall–Kier alpha value is -1.51. The monoisotopic (exact) mass is 533 g/mol. The molecular formula is C26H48NO8P. The minimum Gasteiger partial charge on any atom is -0.462 e. The van der Waals surface area contributed by atoms with E-state index in [0.717, 1.165) is 51.4 Å². The van der Waals surface area contributed by atoms with Gasteiger partial charge in [0.15, 0.2) is 6.10 Å². The molecule has 0 aromatic rings. The molecule has 0 aromatic carbocycles. The summed E-state index contributed by atoms with van der Waals surface area (Å²) in [6, 6.07) is 0. The first-order valence-corrected chi connectivity index (χ1v) is 14.8. The molecule has 210 valence electrons. The molecule has 2 unspecified atom stereocenters. The average molecular weight is 534 g/mol. The summed E-state index contributed by atoms with van der Waals surface area (Å²) in [4.78, 5) is 33.7. The van der Waals surface area contributed by atoms with Crippen LogP contribution in [0.15, 0.2) is 24.3 Å². The number of nitrogens with two attached hydrogens (primary N) is 1. The van der Waals surface area contributed by atoms with Crippen LogP contribution in [0.2, 0.25) is 0 Å². The number of esters is 2. The normalized spacial score (nSPS) is 14.2. The first-order chi connectivity index (χ1) is 17.3. The van der Waals surface area contributed by atoms with Crippen LogP contribution in [0.3, 0.4) is 0 Å². The first kappa shape index (κ1) is 34.5. The number of carbonyl (C=O) groups is 2. The number of unbranched alkanes of at least 4 members (excludes halogenated alkanes) is 7. The topological polar surface area (TPSA) is 134 Å². The molecule has 10 heteroatoms.